The van der Waals surface area contributed by atoms with Crippen LogP contribution in [0.25, 0.3) is 0 Å². The van der Waals surface area contributed by atoms with E-state index in [1.165, 1.54) is 0 Å². The second kappa shape index (κ2) is 10.00. The Morgan fingerprint density at radius 2 is 2.00 bits per heavy atom. The molecule has 1 aliphatic rings. The molecule has 1 heterocycles. The summed E-state index contributed by atoms with van der Waals surface area (Å²) in [6, 6.07) is 6.02. The van der Waals surface area contributed by atoms with Gasteiger partial charge in [0.15, 0.2) is 11.5 Å². The number of nitrogens with one attached hydrogen (secondary N) is 1. The molecular formula is C19H32ClN3O3. The smallest absolute Gasteiger partial charge is 0.234 e. The van der Waals surface area contributed by atoms with Crippen molar-refractivity contribution in [1.82, 2.24) is 10.2 Å². The Balaban J connectivity index is 0.00000338. The van der Waals surface area contributed by atoms with Gasteiger partial charge in [0.05, 0.1) is 20.8 Å². The highest BCUT2D eigenvalue weighted by Crippen LogP contribution is 2.28. The fraction of sp³-hybridized carbons (Fsp3) is 0.632. The first-order valence-corrected chi connectivity index (χ1v) is 8.81. The highest BCUT2D eigenvalue weighted by atomic mass is 35.5. The summed E-state index contributed by atoms with van der Waals surface area (Å²) in [6.45, 7) is 7.11. The average molecular weight is 386 g/mol. The van der Waals surface area contributed by atoms with Crippen LogP contribution in [-0.2, 0) is 11.2 Å². The maximum atomic E-state index is 12.2. The van der Waals surface area contributed by atoms with Gasteiger partial charge in [-0.3, -0.25) is 9.69 Å². The summed E-state index contributed by atoms with van der Waals surface area (Å²) < 4.78 is 10.5. The maximum absolute atomic E-state index is 12.2. The monoisotopic (exact) mass is 385 g/mol. The third kappa shape index (κ3) is 6.04. The molecule has 6 nitrogen and oxygen atoms in total. The van der Waals surface area contributed by atoms with Crippen molar-refractivity contribution in [2.24, 2.45) is 11.1 Å². The Hall–Kier alpha value is -1.50. The first-order chi connectivity index (χ1) is 11.9. The number of carbonyl (C=O) groups is 1. The number of nitrogens with two attached hydrogens (primary N) is 1. The van der Waals surface area contributed by atoms with Gasteiger partial charge in [-0.15, -0.1) is 12.4 Å². The number of hydrogen-bond donors (Lipinski definition) is 2. The summed E-state index contributed by atoms with van der Waals surface area (Å²) in [5.74, 6) is 1.48. The Kier molecular flexibility index (Phi) is 8.67. The van der Waals surface area contributed by atoms with Gasteiger partial charge >= 0.3 is 0 Å². The molecule has 1 aliphatic heterocycles. The number of carbonyl (C=O) groups excluding carboxylic acids is 1. The van der Waals surface area contributed by atoms with Crippen LogP contribution in [0.3, 0.4) is 0 Å². The minimum absolute atomic E-state index is 0. The van der Waals surface area contributed by atoms with E-state index in [9.17, 15) is 4.79 Å². The summed E-state index contributed by atoms with van der Waals surface area (Å²) >= 11 is 0. The minimum Gasteiger partial charge on any atom is -0.493 e. The number of methoxy groups -OCH3 is 2. The molecule has 0 saturated carbocycles. The first-order valence-electron chi connectivity index (χ1n) is 8.81. The number of nitrogens with zero attached hydrogens (tertiary/aromatic N) is 1. The Morgan fingerprint density at radius 3 is 2.62 bits per heavy atom. The number of likely N-dealkylation sites (tertiary alicyclic amines) is 1. The van der Waals surface area contributed by atoms with Crippen molar-refractivity contribution in [3.05, 3.63) is 23.8 Å². The fourth-order valence-electron chi connectivity index (χ4n) is 3.26. The van der Waals surface area contributed by atoms with Crippen LogP contribution in [0.5, 0.6) is 11.5 Å². The van der Waals surface area contributed by atoms with Gasteiger partial charge in [-0.1, -0.05) is 19.9 Å². The fourth-order valence-corrected chi connectivity index (χ4v) is 3.26. The maximum Gasteiger partial charge on any atom is 0.234 e. The van der Waals surface area contributed by atoms with Gasteiger partial charge in [0, 0.05) is 25.7 Å². The van der Waals surface area contributed by atoms with Crippen molar-refractivity contribution >= 4 is 18.3 Å². The predicted octanol–water partition coefficient (Wildman–Crippen LogP) is 1.84. The largest absolute Gasteiger partial charge is 0.493 e. The van der Waals surface area contributed by atoms with E-state index in [2.05, 4.69) is 24.1 Å². The molecule has 1 aromatic carbocycles. The number of benzene rings is 1. The van der Waals surface area contributed by atoms with Crippen LogP contribution in [0.2, 0.25) is 0 Å². The standard InChI is InChI=1S/C19H31N3O3.ClH/c1-19(2)13-22(10-8-17(19)20)12-18(23)21-9-7-14-5-6-15(24-3)16(11-14)25-4;/h5-6,11,17H,7-10,12-13,20H2,1-4H3,(H,21,23);1H. The van der Waals surface area contributed by atoms with Crippen molar-refractivity contribution in [2.75, 3.05) is 40.4 Å². The van der Waals surface area contributed by atoms with E-state index in [0.29, 0.717) is 24.6 Å². The van der Waals surface area contributed by atoms with Crippen molar-refractivity contribution in [1.29, 1.82) is 0 Å². The molecule has 1 unspecified atom stereocenters. The van der Waals surface area contributed by atoms with Gasteiger partial charge in [0.1, 0.15) is 0 Å². The number of rotatable bonds is 7. The zero-order valence-corrected chi connectivity index (χ0v) is 17.0. The van der Waals surface area contributed by atoms with Crippen molar-refractivity contribution in [2.45, 2.75) is 32.7 Å². The third-order valence-electron chi connectivity index (χ3n) is 4.94. The number of amides is 1. The number of halogens is 1. The van der Waals surface area contributed by atoms with Gasteiger partial charge in [-0.2, -0.15) is 0 Å². The molecule has 0 radical (unpaired) electrons. The van der Waals surface area contributed by atoms with Crippen LogP contribution in [-0.4, -0.2) is 57.2 Å². The van der Waals surface area contributed by atoms with Gasteiger partial charge in [0.2, 0.25) is 5.91 Å². The van der Waals surface area contributed by atoms with Crippen molar-refractivity contribution < 1.29 is 14.3 Å². The normalized spacial score (nSPS) is 19.3. The number of hydrogen-bond acceptors (Lipinski definition) is 5. The van der Waals surface area contributed by atoms with Crippen LogP contribution in [0.1, 0.15) is 25.8 Å². The Bertz CT molecular complexity index is 595. The topological polar surface area (TPSA) is 76.8 Å². The molecule has 1 fully saturated rings. The van der Waals surface area contributed by atoms with Crippen LogP contribution < -0.4 is 20.5 Å². The summed E-state index contributed by atoms with van der Waals surface area (Å²) in [7, 11) is 3.24. The molecule has 3 N–H and O–H groups in total. The van der Waals surface area contributed by atoms with Gasteiger partial charge in [-0.05, 0) is 36.0 Å². The molecule has 0 bridgehead atoms. The molecule has 26 heavy (non-hydrogen) atoms. The summed E-state index contributed by atoms with van der Waals surface area (Å²) in [5.41, 5.74) is 7.30. The lowest BCUT2D eigenvalue weighted by Gasteiger charge is -2.42. The van der Waals surface area contributed by atoms with Crippen LogP contribution in [0, 0.1) is 5.41 Å². The van der Waals surface area contributed by atoms with Gasteiger partial charge < -0.3 is 20.5 Å². The molecular weight excluding hydrogens is 354 g/mol. The van der Waals surface area contributed by atoms with E-state index in [4.69, 9.17) is 15.2 Å². The van der Waals surface area contributed by atoms with Crippen LogP contribution >= 0.6 is 12.4 Å². The molecule has 0 aromatic heterocycles. The van der Waals surface area contributed by atoms with E-state index < -0.39 is 0 Å². The van der Waals surface area contributed by atoms with E-state index in [1.54, 1.807) is 14.2 Å². The zero-order chi connectivity index (χ0) is 18.4. The van der Waals surface area contributed by atoms with E-state index in [0.717, 1.165) is 31.5 Å². The summed E-state index contributed by atoms with van der Waals surface area (Å²) in [4.78, 5) is 14.4. The summed E-state index contributed by atoms with van der Waals surface area (Å²) in [6.07, 6.45) is 1.69. The van der Waals surface area contributed by atoms with Crippen LogP contribution in [0.15, 0.2) is 18.2 Å². The lowest BCUT2D eigenvalue weighted by molar-refractivity contribution is -0.123. The highest BCUT2D eigenvalue weighted by Gasteiger charge is 2.33. The Morgan fingerprint density at radius 1 is 1.31 bits per heavy atom. The van der Waals surface area contributed by atoms with Crippen molar-refractivity contribution in [3.63, 3.8) is 0 Å². The molecule has 0 spiro atoms. The zero-order valence-electron chi connectivity index (χ0n) is 16.2. The van der Waals surface area contributed by atoms with E-state index >= 15 is 0 Å². The van der Waals surface area contributed by atoms with E-state index in [1.807, 2.05) is 18.2 Å². The highest BCUT2D eigenvalue weighted by molar-refractivity contribution is 5.85. The third-order valence-corrected chi connectivity index (χ3v) is 4.94. The van der Waals surface area contributed by atoms with Crippen LogP contribution in [0.4, 0.5) is 0 Å². The second-order valence-electron chi connectivity index (χ2n) is 7.38. The molecule has 1 atom stereocenters. The van der Waals surface area contributed by atoms with Crippen molar-refractivity contribution in [3.8, 4) is 11.5 Å². The molecule has 1 amide bonds. The molecule has 7 heteroatoms. The molecule has 1 aromatic rings. The molecule has 2 rings (SSSR count). The predicted molar refractivity (Wildman–Crippen MR) is 106 cm³/mol. The minimum atomic E-state index is 0. The molecule has 0 aliphatic carbocycles. The summed E-state index contributed by atoms with van der Waals surface area (Å²) in [5, 5.41) is 3.00. The van der Waals surface area contributed by atoms with E-state index in [-0.39, 0.29) is 29.8 Å². The SMILES string of the molecule is COc1ccc(CCNC(=O)CN2CCC(N)C(C)(C)C2)cc1OC.Cl. The average Bonchev–Trinajstić information content (AvgIpc) is 2.57. The quantitative estimate of drug-likeness (QED) is 0.749. The number of piperidine rings is 1. The van der Waals surface area contributed by atoms with Gasteiger partial charge in [-0.25, -0.2) is 0 Å². The molecule has 148 valence electrons. The Labute approximate surface area is 162 Å². The lowest BCUT2D eigenvalue weighted by atomic mass is 9.80. The molecule has 1 saturated heterocycles. The lowest BCUT2D eigenvalue weighted by Crippen LogP contribution is -2.54. The number of ether oxygens (including phenoxy) is 2. The first kappa shape index (κ1) is 22.5. The second-order valence-corrected chi connectivity index (χ2v) is 7.38. The van der Waals surface area contributed by atoms with Gasteiger partial charge in [0.25, 0.3) is 0 Å².